The maximum Gasteiger partial charge on any atom is 0.224 e. The molecule has 0 N–H and O–H groups in total. The highest BCUT2D eigenvalue weighted by atomic mass is 16.2. The topological polar surface area (TPSA) is 37.4 Å². The van der Waals surface area contributed by atoms with Crippen molar-refractivity contribution in [2.75, 3.05) is 4.90 Å². The van der Waals surface area contributed by atoms with Crippen LogP contribution in [-0.4, -0.2) is 17.2 Å². The Kier molecular flexibility index (Phi) is 1.93. The van der Waals surface area contributed by atoms with Crippen LogP contribution in [0.1, 0.15) is 31.1 Å². The fourth-order valence-corrected chi connectivity index (χ4v) is 2.16. The first kappa shape index (κ1) is 9.90. The SMILES string of the molecule is CC(=O)N1c2ccccc2C(=O)C1(C)C. The average Bonchev–Trinajstić information content (AvgIpc) is 2.35. The lowest BCUT2D eigenvalue weighted by Crippen LogP contribution is -2.47. The Hall–Kier alpha value is -1.64. The van der Waals surface area contributed by atoms with E-state index in [1.807, 2.05) is 18.2 Å². The van der Waals surface area contributed by atoms with Gasteiger partial charge in [0.25, 0.3) is 0 Å². The molecular weight excluding hydrogens is 190 g/mol. The van der Waals surface area contributed by atoms with Crippen LogP contribution in [0.25, 0.3) is 0 Å². The van der Waals surface area contributed by atoms with Crippen LogP contribution in [0.15, 0.2) is 24.3 Å². The number of rotatable bonds is 0. The van der Waals surface area contributed by atoms with Crippen molar-refractivity contribution in [2.24, 2.45) is 0 Å². The molecule has 1 amide bonds. The van der Waals surface area contributed by atoms with Crippen molar-refractivity contribution < 1.29 is 9.59 Å². The number of fused-ring (bicyclic) bond motifs is 1. The highest BCUT2D eigenvalue weighted by molar-refractivity contribution is 6.19. The van der Waals surface area contributed by atoms with Crippen LogP contribution in [-0.2, 0) is 4.79 Å². The third-order valence-electron chi connectivity index (χ3n) is 2.82. The molecule has 3 nitrogen and oxygen atoms in total. The summed E-state index contributed by atoms with van der Waals surface area (Å²) in [7, 11) is 0. The molecule has 1 aliphatic heterocycles. The lowest BCUT2D eigenvalue weighted by Gasteiger charge is -2.29. The largest absolute Gasteiger partial charge is 0.299 e. The zero-order chi connectivity index (χ0) is 11.2. The van der Waals surface area contributed by atoms with E-state index in [9.17, 15) is 9.59 Å². The Labute approximate surface area is 88.7 Å². The molecular formula is C12H13NO2. The molecule has 2 rings (SSSR count). The van der Waals surface area contributed by atoms with E-state index in [4.69, 9.17) is 0 Å². The monoisotopic (exact) mass is 203 g/mol. The van der Waals surface area contributed by atoms with Gasteiger partial charge in [-0.15, -0.1) is 0 Å². The van der Waals surface area contributed by atoms with Crippen molar-refractivity contribution in [3.8, 4) is 0 Å². The molecule has 1 heterocycles. The summed E-state index contributed by atoms with van der Waals surface area (Å²) >= 11 is 0. The molecule has 0 saturated heterocycles. The first-order chi connectivity index (χ1) is 6.96. The van der Waals surface area contributed by atoms with Gasteiger partial charge in [-0.1, -0.05) is 12.1 Å². The fraction of sp³-hybridized carbons (Fsp3) is 0.333. The lowest BCUT2D eigenvalue weighted by atomic mass is 9.97. The maximum absolute atomic E-state index is 12.0. The van der Waals surface area contributed by atoms with Crippen LogP contribution >= 0.6 is 0 Å². The van der Waals surface area contributed by atoms with Crippen LogP contribution in [0.4, 0.5) is 5.69 Å². The Balaban J connectivity index is 2.67. The molecule has 1 aromatic carbocycles. The molecule has 0 saturated carbocycles. The van der Waals surface area contributed by atoms with E-state index >= 15 is 0 Å². The molecule has 0 aromatic heterocycles. The van der Waals surface area contributed by atoms with Crippen molar-refractivity contribution in [3.63, 3.8) is 0 Å². The normalized spacial score (nSPS) is 17.8. The van der Waals surface area contributed by atoms with E-state index in [0.717, 1.165) is 5.69 Å². The van der Waals surface area contributed by atoms with Gasteiger partial charge in [-0.05, 0) is 26.0 Å². The first-order valence-electron chi connectivity index (χ1n) is 4.91. The highest BCUT2D eigenvalue weighted by Crippen LogP contribution is 2.38. The minimum Gasteiger partial charge on any atom is -0.299 e. The Morgan fingerprint density at radius 2 is 1.87 bits per heavy atom. The van der Waals surface area contributed by atoms with Crippen LogP contribution in [0.5, 0.6) is 0 Å². The zero-order valence-corrected chi connectivity index (χ0v) is 9.07. The van der Waals surface area contributed by atoms with Gasteiger partial charge in [0.2, 0.25) is 5.91 Å². The molecule has 78 valence electrons. The second kappa shape index (κ2) is 2.92. The third-order valence-corrected chi connectivity index (χ3v) is 2.82. The van der Waals surface area contributed by atoms with Crippen molar-refractivity contribution in [1.29, 1.82) is 0 Å². The average molecular weight is 203 g/mol. The first-order valence-corrected chi connectivity index (χ1v) is 4.91. The molecule has 0 spiro atoms. The second-order valence-corrected chi connectivity index (χ2v) is 4.26. The molecule has 0 fully saturated rings. The van der Waals surface area contributed by atoms with Crippen molar-refractivity contribution in [1.82, 2.24) is 0 Å². The van der Waals surface area contributed by atoms with Crippen molar-refractivity contribution in [3.05, 3.63) is 29.8 Å². The molecule has 0 aliphatic carbocycles. The summed E-state index contributed by atoms with van der Waals surface area (Å²) in [6, 6.07) is 7.23. The van der Waals surface area contributed by atoms with Gasteiger partial charge in [0, 0.05) is 12.5 Å². The number of hydrogen-bond acceptors (Lipinski definition) is 2. The van der Waals surface area contributed by atoms with Gasteiger partial charge in [-0.25, -0.2) is 0 Å². The summed E-state index contributed by atoms with van der Waals surface area (Å²) in [6.45, 7) is 5.03. The number of amides is 1. The number of benzene rings is 1. The second-order valence-electron chi connectivity index (χ2n) is 4.26. The van der Waals surface area contributed by atoms with Gasteiger partial charge in [-0.3, -0.25) is 14.5 Å². The van der Waals surface area contributed by atoms with E-state index in [1.54, 1.807) is 24.8 Å². The van der Waals surface area contributed by atoms with Crippen LogP contribution in [0.3, 0.4) is 0 Å². The predicted molar refractivity (Wildman–Crippen MR) is 58.0 cm³/mol. The molecule has 1 aliphatic rings. The van der Waals surface area contributed by atoms with Crippen molar-refractivity contribution >= 4 is 17.4 Å². The van der Waals surface area contributed by atoms with E-state index in [0.29, 0.717) is 5.56 Å². The number of Topliss-reactive ketones (excluding diaryl/α,β-unsaturated/α-hetero) is 1. The molecule has 0 radical (unpaired) electrons. The molecule has 0 bridgehead atoms. The van der Waals surface area contributed by atoms with Crippen LogP contribution in [0, 0.1) is 0 Å². The van der Waals surface area contributed by atoms with E-state index in [1.165, 1.54) is 6.92 Å². The highest BCUT2D eigenvalue weighted by Gasteiger charge is 2.45. The van der Waals surface area contributed by atoms with Crippen molar-refractivity contribution in [2.45, 2.75) is 26.3 Å². The maximum atomic E-state index is 12.0. The summed E-state index contributed by atoms with van der Waals surface area (Å²) in [4.78, 5) is 25.1. The molecule has 15 heavy (non-hydrogen) atoms. The number of carbonyl (C=O) groups is 2. The molecule has 0 unspecified atom stereocenters. The molecule has 3 heteroatoms. The summed E-state index contributed by atoms with van der Waals surface area (Å²) < 4.78 is 0. The summed E-state index contributed by atoms with van der Waals surface area (Å²) in [5.41, 5.74) is 0.605. The minimum atomic E-state index is -0.754. The van der Waals surface area contributed by atoms with Gasteiger partial charge in [0.05, 0.1) is 5.69 Å². The van der Waals surface area contributed by atoms with Crippen LogP contribution in [0.2, 0.25) is 0 Å². The van der Waals surface area contributed by atoms with Gasteiger partial charge < -0.3 is 0 Å². The molecule has 0 atom stereocenters. The Morgan fingerprint density at radius 3 is 2.47 bits per heavy atom. The number of para-hydroxylation sites is 1. The van der Waals surface area contributed by atoms with Crippen LogP contribution < -0.4 is 4.90 Å². The van der Waals surface area contributed by atoms with E-state index in [-0.39, 0.29) is 11.7 Å². The van der Waals surface area contributed by atoms with E-state index < -0.39 is 5.54 Å². The Morgan fingerprint density at radius 1 is 1.27 bits per heavy atom. The number of carbonyl (C=O) groups excluding carboxylic acids is 2. The van der Waals surface area contributed by atoms with E-state index in [2.05, 4.69) is 0 Å². The predicted octanol–water partition coefficient (Wildman–Crippen LogP) is 2.01. The number of ketones is 1. The summed E-state index contributed by atoms with van der Waals surface area (Å²) in [5, 5.41) is 0. The fourth-order valence-electron chi connectivity index (χ4n) is 2.16. The quantitative estimate of drug-likeness (QED) is 0.646. The minimum absolute atomic E-state index is 0.00769. The summed E-state index contributed by atoms with van der Waals surface area (Å²) in [6.07, 6.45) is 0. The van der Waals surface area contributed by atoms with Gasteiger partial charge in [0.15, 0.2) is 5.78 Å². The Bertz CT molecular complexity index is 449. The van der Waals surface area contributed by atoms with Gasteiger partial charge >= 0.3 is 0 Å². The van der Waals surface area contributed by atoms with Gasteiger partial charge in [0.1, 0.15) is 5.54 Å². The third kappa shape index (κ3) is 1.19. The van der Waals surface area contributed by atoms with Gasteiger partial charge in [-0.2, -0.15) is 0 Å². The zero-order valence-electron chi connectivity index (χ0n) is 9.07. The number of nitrogens with zero attached hydrogens (tertiary/aromatic N) is 1. The smallest absolute Gasteiger partial charge is 0.224 e. The number of anilines is 1. The molecule has 1 aromatic rings. The lowest BCUT2D eigenvalue weighted by molar-refractivity contribution is -0.117. The standard InChI is InChI=1S/C12H13NO2/c1-8(14)13-10-7-5-4-6-9(10)11(15)12(13,2)3/h4-7H,1-3H3. The summed E-state index contributed by atoms with van der Waals surface area (Å²) in [5.74, 6) is -0.0911. The number of hydrogen-bond donors (Lipinski definition) is 0.